The Bertz CT molecular complexity index is 2400. The lowest BCUT2D eigenvalue weighted by molar-refractivity contribution is 0.343. The van der Waals surface area contributed by atoms with Gasteiger partial charge in [0.25, 0.3) is 0 Å². The van der Waals surface area contributed by atoms with Gasteiger partial charge in [-0.15, -0.1) is 45.3 Å². The molecule has 0 aliphatic heterocycles. The second-order valence-electron chi connectivity index (χ2n) is 14.3. The molecule has 0 atom stereocenters. The fourth-order valence-electron chi connectivity index (χ4n) is 9.19. The summed E-state index contributed by atoms with van der Waals surface area (Å²) in [6, 6.07) is 16.7. The molecule has 5 aromatic rings. The number of benzene rings is 1. The summed E-state index contributed by atoms with van der Waals surface area (Å²) in [5.41, 5.74) is 7.57. The second-order valence-corrected chi connectivity index (χ2v) is 18.4. The van der Waals surface area contributed by atoms with Crippen LogP contribution in [0.1, 0.15) is 96.5 Å². The predicted octanol–water partition coefficient (Wildman–Crippen LogP) is 11.4. The van der Waals surface area contributed by atoms with Crippen molar-refractivity contribution in [1.29, 1.82) is 21.0 Å². The van der Waals surface area contributed by atoms with Crippen molar-refractivity contribution in [2.75, 3.05) is 14.2 Å². The Hall–Kier alpha value is -5.08. The quantitative estimate of drug-likeness (QED) is 0.155. The van der Waals surface area contributed by atoms with Crippen LogP contribution < -0.4 is 9.47 Å². The van der Waals surface area contributed by atoms with Crippen molar-refractivity contribution in [3.05, 3.63) is 67.7 Å². The van der Waals surface area contributed by atoms with Gasteiger partial charge in [-0.3, -0.25) is 0 Å². The molecule has 0 N–H and O–H groups in total. The van der Waals surface area contributed by atoms with E-state index in [1.807, 2.05) is 36.4 Å². The zero-order valence-corrected chi connectivity index (χ0v) is 32.9. The summed E-state index contributed by atoms with van der Waals surface area (Å²) >= 11 is 6.49. The minimum atomic E-state index is -0.165. The van der Waals surface area contributed by atoms with Crippen molar-refractivity contribution < 1.29 is 9.47 Å². The monoisotopic (exact) mass is 780 g/mol. The summed E-state index contributed by atoms with van der Waals surface area (Å²) in [6.45, 7) is 0. The first kappa shape index (κ1) is 34.7. The third-order valence-electron chi connectivity index (χ3n) is 11.6. The van der Waals surface area contributed by atoms with E-state index in [4.69, 9.17) is 19.4 Å². The first-order valence-electron chi connectivity index (χ1n) is 18.0. The van der Waals surface area contributed by atoms with Gasteiger partial charge in [0.15, 0.2) is 0 Å². The number of nitriles is 4. The topological polar surface area (TPSA) is 139 Å². The van der Waals surface area contributed by atoms with Gasteiger partial charge in [-0.25, -0.2) is 9.97 Å². The number of thiophene rings is 2. The van der Waals surface area contributed by atoms with Gasteiger partial charge in [0.1, 0.15) is 66.7 Å². The Morgan fingerprint density at radius 1 is 0.574 bits per heavy atom. The first-order valence-corrected chi connectivity index (χ1v) is 21.3. The summed E-state index contributed by atoms with van der Waals surface area (Å²) < 4.78 is 11.6. The number of methoxy groups -OCH3 is 2. The molecule has 12 heteroatoms. The highest BCUT2D eigenvalue weighted by Gasteiger charge is 2.52. The number of allylic oxidation sites excluding steroid dienone is 2. The molecular weight excluding hydrogens is 749 g/mol. The minimum Gasteiger partial charge on any atom is -0.495 e. The smallest absolute Gasteiger partial charge is 0.140 e. The molecule has 1 aromatic carbocycles. The molecule has 0 radical (unpaired) electrons. The molecule has 0 bridgehead atoms. The van der Waals surface area contributed by atoms with Gasteiger partial charge in [-0.1, -0.05) is 38.5 Å². The molecule has 266 valence electrons. The van der Waals surface area contributed by atoms with E-state index < -0.39 is 0 Å². The van der Waals surface area contributed by atoms with E-state index in [1.54, 1.807) is 49.0 Å². The normalized spacial score (nSPS) is 16.6. The van der Waals surface area contributed by atoms with Gasteiger partial charge in [0.05, 0.1) is 35.4 Å². The number of fused-ring (bicyclic) bond motifs is 10. The minimum absolute atomic E-state index is 0.0593. The second kappa shape index (κ2) is 13.3. The maximum absolute atomic E-state index is 9.38. The van der Waals surface area contributed by atoms with Crippen LogP contribution in [0, 0.1) is 45.3 Å². The zero-order valence-electron chi connectivity index (χ0n) is 29.7. The maximum Gasteiger partial charge on any atom is 0.140 e. The average molecular weight is 781 g/mol. The van der Waals surface area contributed by atoms with Crippen LogP contribution in [0.4, 0.5) is 0 Å². The van der Waals surface area contributed by atoms with Gasteiger partial charge < -0.3 is 9.47 Å². The van der Waals surface area contributed by atoms with E-state index in [-0.39, 0.29) is 22.0 Å². The molecule has 4 aromatic heterocycles. The first-order chi connectivity index (χ1) is 26.4. The van der Waals surface area contributed by atoms with Gasteiger partial charge in [0, 0.05) is 20.6 Å². The molecular formula is C42H32N6O2S4. The van der Waals surface area contributed by atoms with Crippen molar-refractivity contribution in [2.45, 2.75) is 75.0 Å². The van der Waals surface area contributed by atoms with Crippen LogP contribution in [0.5, 0.6) is 11.5 Å². The van der Waals surface area contributed by atoms with Crippen LogP contribution in [-0.4, -0.2) is 24.2 Å². The van der Waals surface area contributed by atoms with E-state index in [0.717, 1.165) is 80.9 Å². The number of nitrogens with zero attached hydrogens (tertiary/aromatic N) is 6. The number of hydrogen-bond acceptors (Lipinski definition) is 12. The summed E-state index contributed by atoms with van der Waals surface area (Å²) in [4.78, 5) is 16.9. The summed E-state index contributed by atoms with van der Waals surface area (Å²) in [5, 5.41) is 39.3. The highest BCUT2D eigenvalue weighted by molar-refractivity contribution is 7.25. The van der Waals surface area contributed by atoms with Crippen LogP contribution >= 0.6 is 45.3 Å². The lowest BCUT2D eigenvalue weighted by Gasteiger charge is -2.36. The van der Waals surface area contributed by atoms with E-state index in [0.29, 0.717) is 11.5 Å². The summed E-state index contributed by atoms with van der Waals surface area (Å²) in [6.07, 6.45) is 14.5. The lowest BCUT2D eigenvalue weighted by Crippen LogP contribution is -2.30. The van der Waals surface area contributed by atoms with Crippen molar-refractivity contribution in [3.63, 3.8) is 0 Å². The molecule has 0 unspecified atom stereocenters. The van der Waals surface area contributed by atoms with Gasteiger partial charge >= 0.3 is 0 Å². The molecule has 4 aliphatic rings. The molecule has 4 heterocycles. The van der Waals surface area contributed by atoms with Gasteiger partial charge in [-0.05, 0) is 84.4 Å². The van der Waals surface area contributed by atoms with Crippen molar-refractivity contribution >= 4 is 57.5 Å². The maximum atomic E-state index is 9.38. The third-order valence-corrected chi connectivity index (χ3v) is 16.2. The van der Waals surface area contributed by atoms with E-state index in [9.17, 15) is 21.0 Å². The van der Waals surface area contributed by atoms with Crippen LogP contribution in [0.15, 0.2) is 35.4 Å². The Morgan fingerprint density at radius 2 is 0.963 bits per heavy atom. The Balaban J connectivity index is 1.20. The Morgan fingerprint density at radius 3 is 1.31 bits per heavy atom. The number of rotatable bonds is 6. The van der Waals surface area contributed by atoms with Crippen molar-refractivity contribution in [2.24, 2.45) is 0 Å². The Labute approximate surface area is 329 Å². The molecule has 54 heavy (non-hydrogen) atoms. The molecule has 2 spiro atoms. The van der Waals surface area contributed by atoms with Crippen LogP contribution in [0.2, 0.25) is 0 Å². The highest BCUT2D eigenvalue weighted by Crippen LogP contribution is 2.64. The fourth-order valence-corrected chi connectivity index (χ4v) is 13.9. The molecule has 2 saturated carbocycles. The largest absolute Gasteiger partial charge is 0.495 e. The Kier molecular flexibility index (Phi) is 8.57. The molecule has 0 amide bonds. The highest BCUT2D eigenvalue weighted by atomic mass is 32.1. The summed E-state index contributed by atoms with van der Waals surface area (Å²) in [5.74, 6) is 1.41. The number of hydrogen-bond donors (Lipinski definition) is 0. The third kappa shape index (κ3) is 5.13. The standard InChI is InChI=1S/C42H32N6O2S4/c1-49-31-15-25(13-23(19-43)20-44)51-35(31)39-47-37-33(53-39)27-17-30-28(18-29(27)41(37)9-5-3-6-10-41)34-38(42(30)11-7-4-8-12-42)48-40(54-34)36-32(50-2)16-26(52-36)14-24(21-45)22-46/h13-18H,3-12H2,1-2H3. The number of thiazole rings is 2. The fraction of sp³-hybridized carbons (Fsp3) is 0.333. The number of aromatic nitrogens is 2. The average Bonchev–Trinajstić information content (AvgIpc) is 4.06. The van der Waals surface area contributed by atoms with Crippen LogP contribution in [-0.2, 0) is 10.8 Å². The lowest BCUT2D eigenvalue weighted by atomic mass is 9.67. The van der Waals surface area contributed by atoms with E-state index in [1.165, 1.54) is 78.9 Å². The molecule has 4 aliphatic carbocycles. The molecule has 9 rings (SSSR count). The number of ether oxygens (including phenoxy) is 2. The van der Waals surface area contributed by atoms with Gasteiger partial charge in [0.2, 0.25) is 0 Å². The molecule has 0 saturated heterocycles. The SMILES string of the molecule is COc1cc(C=C(C#N)C#N)sc1-c1nc2c(s1)-c1cc3c(cc1C21CCCCC1)-c1sc(-c2sc(C=C(C#N)C#N)cc2OC)nc1C31CCCCC1. The van der Waals surface area contributed by atoms with Crippen molar-refractivity contribution in [3.8, 4) is 76.4 Å². The summed E-state index contributed by atoms with van der Waals surface area (Å²) in [7, 11) is 3.31. The van der Waals surface area contributed by atoms with Crippen LogP contribution in [0.25, 0.3) is 52.8 Å². The van der Waals surface area contributed by atoms with Crippen molar-refractivity contribution in [1.82, 2.24) is 9.97 Å². The van der Waals surface area contributed by atoms with E-state index in [2.05, 4.69) is 12.1 Å². The molecule has 2 fully saturated rings. The van der Waals surface area contributed by atoms with Crippen LogP contribution in [0.3, 0.4) is 0 Å². The van der Waals surface area contributed by atoms with Gasteiger partial charge in [-0.2, -0.15) is 21.0 Å². The zero-order chi connectivity index (χ0) is 37.2. The molecule has 8 nitrogen and oxygen atoms in total. The van der Waals surface area contributed by atoms with E-state index >= 15 is 0 Å². The predicted molar refractivity (Wildman–Crippen MR) is 215 cm³/mol.